The zero-order valence-electron chi connectivity index (χ0n) is 16.9. The fraction of sp³-hybridized carbons (Fsp3) is 0.125. The summed E-state index contributed by atoms with van der Waals surface area (Å²) in [6.45, 7) is 1.98. The molecular weight excluding hydrogens is 472 g/mol. The first-order valence-electron chi connectivity index (χ1n) is 9.85. The standard InChI is InChI=1S/C24H21BrN4OS/c1-17(18-9-4-2-5-10-18)26-22(30)16-31-24-28-27-23(19-11-8-12-20(25)15-19)29(24)21-13-6-3-7-14-21/h2-15,17H,16H2,1H3,(H,26,30)/t17-/m0/s1. The molecule has 0 aliphatic carbocycles. The Bertz CT molecular complexity index is 1160. The number of hydrogen-bond donors (Lipinski definition) is 1. The van der Waals surface area contributed by atoms with Gasteiger partial charge in [0.05, 0.1) is 11.8 Å². The molecule has 4 rings (SSSR count). The van der Waals surface area contributed by atoms with Gasteiger partial charge < -0.3 is 5.32 Å². The van der Waals surface area contributed by atoms with Crippen molar-refractivity contribution in [1.29, 1.82) is 0 Å². The van der Waals surface area contributed by atoms with Gasteiger partial charge in [-0.3, -0.25) is 9.36 Å². The van der Waals surface area contributed by atoms with Crippen molar-refractivity contribution in [3.63, 3.8) is 0 Å². The summed E-state index contributed by atoms with van der Waals surface area (Å²) in [5.41, 5.74) is 2.97. The molecule has 31 heavy (non-hydrogen) atoms. The molecule has 0 saturated carbocycles. The summed E-state index contributed by atoms with van der Waals surface area (Å²) in [6.07, 6.45) is 0. The van der Waals surface area contributed by atoms with Crippen molar-refractivity contribution in [1.82, 2.24) is 20.1 Å². The Balaban J connectivity index is 1.55. The lowest BCUT2D eigenvalue weighted by atomic mass is 10.1. The van der Waals surface area contributed by atoms with E-state index in [2.05, 4.69) is 31.4 Å². The van der Waals surface area contributed by atoms with E-state index in [4.69, 9.17) is 0 Å². The molecule has 7 heteroatoms. The van der Waals surface area contributed by atoms with Gasteiger partial charge in [-0.25, -0.2) is 0 Å². The molecule has 1 N–H and O–H groups in total. The molecule has 0 aliphatic rings. The van der Waals surface area contributed by atoms with E-state index in [9.17, 15) is 4.79 Å². The summed E-state index contributed by atoms with van der Waals surface area (Å²) in [4.78, 5) is 12.6. The summed E-state index contributed by atoms with van der Waals surface area (Å²) < 4.78 is 2.96. The van der Waals surface area contributed by atoms with E-state index in [-0.39, 0.29) is 17.7 Å². The van der Waals surface area contributed by atoms with Crippen LogP contribution < -0.4 is 5.32 Å². The third kappa shape index (κ3) is 5.24. The van der Waals surface area contributed by atoms with Crippen LogP contribution in [0.15, 0.2) is 94.6 Å². The van der Waals surface area contributed by atoms with Crippen LogP contribution in [0.4, 0.5) is 0 Å². The monoisotopic (exact) mass is 492 g/mol. The third-order valence-corrected chi connectivity index (χ3v) is 6.16. The molecule has 1 aromatic heterocycles. The molecular formula is C24H21BrN4OS. The second-order valence-corrected chi connectivity index (χ2v) is 8.83. The highest BCUT2D eigenvalue weighted by Gasteiger charge is 2.18. The largest absolute Gasteiger partial charge is 0.349 e. The minimum Gasteiger partial charge on any atom is -0.349 e. The first-order valence-corrected chi connectivity index (χ1v) is 11.6. The molecule has 0 aliphatic heterocycles. The number of carbonyl (C=O) groups is 1. The van der Waals surface area contributed by atoms with Crippen LogP contribution in [0.5, 0.6) is 0 Å². The number of rotatable bonds is 7. The van der Waals surface area contributed by atoms with Crippen LogP contribution in [0, 0.1) is 0 Å². The molecule has 0 bridgehead atoms. The third-order valence-electron chi connectivity index (χ3n) is 4.74. The Kier molecular flexibility index (Phi) is 6.84. The van der Waals surface area contributed by atoms with E-state index in [0.29, 0.717) is 5.16 Å². The quantitative estimate of drug-likeness (QED) is 0.337. The van der Waals surface area contributed by atoms with Gasteiger partial charge in [0.25, 0.3) is 0 Å². The number of thioether (sulfide) groups is 1. The number of para-hydroxylation sites is 1. The van der Waals surface area contributed by atoms with Crippen LogP contribution in [0.25, 0.3) is 17.1 Å². The molecule has 0 spiro atoms. The van der Waals surface area contributed by atoms with Gasteiger partial charge >= 0.3 is 0 Å². The van der Waals surface area contributed by atoms with Crippen molar-refractivity contribution < 1.29 is 4.79 Å². The van der Waals surface area contributed by atoms with E-state index in [1.165, 1.54) is 11.8 Å². The summed E-state index contributed by atoms with van der Waals surface area (Å²) in [5.74, 6) is 0.932. The lowest BCUT2D eigenvalue weighted by Gasteiger charge is -2.14. The normalized spacial score (nSPS) is 11.8. The van der Waals surface area contributed by atoms with E-state index >= 15 is 0 Å². The highest BCUT2D eigenvalue weighted by molar-refractivity contribution is 9.10. The van der Waals surface area contributed by atoms with Gasteiger partial charge in [-0.05, 0) is 36.8 Å². The maximum Gasteiger partial charge on any atom is 0.230 e. The van der Waals surface area contributed by atoms with Crippen LogP contribution in [-0.2, 0) is 4.79 Å². The second kappa shape index (κ2) is 9.94. The number of nitrogens with zero attached hydrogens (tertiary/aromatic N) is 3. The van der Waals surface area contributed by atoms with Crippen LogP contribution in [0.2, 0.25) is 0 Å². The van der Waals surface area contributed by atoms with Crippen LogP contribution in [0.1, 0.15) is 18.5 Å². The Morgan fingerprint density at radius 2 is 1.71 bits per heavy atom. The number of hydrogen-bond acceptors (Lipinski definition) is 4. The number of nitrogens with one attached hydrogen (secondary N) is 1. The van der Waals surface area contributed by atoms with Crippen molar-refractivity contribution in [2.75, 3.05) is 5.75 Å². The van der Waals surface area contributed by atoms with Crippen molar-refractivity contribution in [2.24, 2.45) is 0 Å². The van der Waals surface area contributed by atoms with Crippen molar-refractivity contribution >= 4 is 33.6 Å². The lowest BCUT2D eigenvalue weighted by Crippen LogP contribution is -2.28. The fourth-order valence-electron chi connectivity index (χ4n) is 3.23. The zero-order valence-corrected chi connectivity index (χ0v) is 19.3. The highest BCUT2D eigenvalue weighted by atomic mass is 79.9. The number of aromatic nitrogens is 3. The van der Waals surface area contributed by atoms with E-state index in [0.717, 1.165) is 27.1 Å². The van der Waals surface area contributed by atoms with Crippen LogP contribution >= 0.6 is 27.7 Å². The summed E-state index contributed by atoms with van der Waals surface area (Å²) in [5, 5.41) is 12.5. The molecule has 5 nitrogen and oxygen atoms in total. The van der Waals surface area contributed by atoms with Gasteiger partial charge in [-0.15, -0.1) is 10.2 Å². The average molecular weight is 493 g/mol. The van der Waals surface area contributed by atoms with Gasteiger partial charge in [0.15, 0.2) is 11.0 Å². The predicted molar refractivity (Wildman–Crippen MR) is 128 cm³/mol. The van der Waals surface area contributed by atoms with Gasteiger partial charge in [0.1, 0.15) is 0 Å². The van der Waals surface area contributed by atoms with E-state index < -0.39 is 0 Å². The minimum atomic E-state index is -0.0569. The Morgan fingerprint density at radius 1 is 1.00 bits per heavy atom. The zero-order chi connectivity index (χ0) is 21.6. The second-order valence-electron chi connectivity index (χ2n) is 6.98. The van der Waals surface area contributed by atoms with Gasteiger partial charge in [0, 0.05) is 15.7 Å². The topological polar surface area (TPSA) is 59.8 Å². The van der Waals surface area contributed by atoms with Crippen molar-refractivity contribution in [3.05, 3.63) is 95.0 Å². The van der Waals surface area contributed by atoms with Gasteiger partial charge in [-0.1, -0.05) is 88.4 Å². The smallest absolute Gasteiger partial charge is 0.230 e. The number of halogens is 1. The molecule has 0 fully saturated rings. The molecule has 1 amide bonds. The lowest BCUT2D eigenvalue weighted by molar-refractivity contribution is -0.119. The predicted octanol–water partition coefficient (Wildman–Crippen LogP) is 5.67. The maximum absolute atomic E-state index is 12.6. The van der Waals surface area contributed by atoms with E-state index in [1.54, 1.807) is 0 Å². The molecule has 156 valence electrons. The van der Waals surface area contributed by atoms with Gasteiger partial charge in [0.2, 0.25) is 5.91 Å². The molecule has 3 aromatic carbocycles. The van der Waals surface area contributed by atoms with Crippen molar-refractivity contribution in [3.8, 4) is 17.1 Å². The first kappa shape index (κ1) is 21.3. The number of benzene rings is 3. The van der Waals surface area contributed by atoms with Gasteiger partial charge in [-0.2, -0.15) is 0 Å². The highest BCUT2D eigenvalue weighted by Crippen LogP contribution is 2.29. The SMILES string of the molecule is C[C@H](NC(=O)CSc1nnc(-c2cccc(Br)c2)n1-c1ccccc1)c1ccccc1. The van der Waals surface area contributed by atoms with Crippen molar-refractivity contribution in [2.45, 2.75) is 18.1 Å². The molecule has 1 heterocycles. The molecule has 0 saturated heterocycles. The van der Waals surface area contributed by atoms with Crippen LogP contribution in [0.3, 0.4) is 0 Å². The molecule has 1 atom stereocenters. The first-order chi connectivity index (χ1) is 15.1. The Labute approximate surface area is 194 Å². The Hall–Kier alpha value is -2.90. The Morgan fingerprint density at radius 3 is 2.42 bits per heavy atom. The summed E-state index contributed by atoms with van der Waals surface area (Å²) in [6, 6.07) is 27.7. The summed E-state index contributed by atoms with van der Waals surface area (Å²) >= 11 is 4.90. The maximum atomic E-state index is 12.6. The van der Waals surface area contributed by atoms with Crippen LogP contribution in [-0.4, -0.2) is 26.4 Å². The number of amides is 1. The molecule has 0 radical (unpaired) electrons. The van der Waals surface area contributed by atoms with E-state index in [1.807, 2.05) is 96.4 Å². The average Bonchev–Trinajstić information content (AvgIpc) is 3.23. The molecule has 4 aromatic rings. The fourth-order valence-corrected chi connectivity index (χ4v) is 4.39. The number of carbonyl (C=O) groups excluding carboxylic acids is 1. The minimum absolute atomic E-state index is 0.0482. The summed E-state index contributed by atoms with van der Waals surface area (Å²) in [7, 11) is 0. The molecule has 0 unspecified atom stereocenters.